The minimum Gasteiger partial charge on any atom is -0.385 e. The van der Waals surface area contributed by atoms with Crippen molar-refractivity contribution in [3.63, 3.8) is 0 Å². The van der Waals surface area contributed by atoms with Gasteiger partial charge in [0.15, 0.2) is 0 Å². The summed E-state index contributed by atoms with van der Waals surface area (Å²) < 4.78 is 4.78. The van der Waals surface area contributed by atoms with Gasteiger partial charge in [0.25, 0.3) is 0 Å². The topological polar surface area (TPSA) is 34.0 Å². The molecule has 0 aromatic rings. The SMILES string of the molecule is C/C=C(/C)C(=NCCSC)C(C)=NC(C)C.C=CC(=C)C.CC.CC.CC.CC.CCCC.CCCCOC. The second kappa shape index (κ2) is 65.7. The van der Waals surface area contributed by atoms with Crippen LogP contribution in [0, 0.1) is 0 Å². The number of methoxy groups -OCH3 is 1. The zero-order valence-corrected chi connectivity index (χ0v) is 31.6. The molecule has 0 unspecified atom stereocenters. The third kappa shape index (κ3) is 78.7. The van der Waals surface area contributed by atoms with Crippen LogP contribution in [0.4, 0.5) is 0 Å². The summed E-state index contributed by atoms with van der Waals surface area (Å²) in [4.78, 5) is 9.20. The molecule has 240 valence electrons. The predicted octanol–water partition coefficient (Wildman–Crippen LogP) is 12.7. The van der Waals surface area contributed by atoms with Crippen molar-refractivity contribution in [3.8, 4) is 0 Å². The van der Waals surface area contributed by atoms with E-state index in [0.29, 0.717) is 6.04 Å². The maximum absolute atomic E-state index is 4.78. The maximum Gasteiger partial charge on any atom is 0.0807 e. The molecule has 0 aliphatic carbocycles. The molecule has 0 fully saturated rings. The van der Waals surface area contributed by atoms with E-state index in [9.17, 15) is 0 Å². The molecule has 0 atom stereocenters. The summed E-state index contributed by atoms with van der Waals surface area (Å²) in [6, 6.07) is 0.329. The lowest BCUT2D eigenvalue weighted by Crippen LogP contribution is -2.15. The number of hydrogen-bond donors (Lipinski definition) is 0. The summed E-state index contributed by atoms with van der Waals surface area (Å²) in [5, 5.41) is 0. The van der Waals surface area contributed by atoms with E-state index < -0.39 is 0 Å². The van der Waals surface area contributed by atoms with Crippen LogP contribution < -0.4 is 0 Å². The van der Waals surface area contributed by atoms with Crippen molar-refractivity contribution >= 4 is 23.2 Å². The van der Waals surface area contributed by atoms with Crippen LogP contribution in [0.2, 0.25) is 0 Å². The Morgan fingerprint density at radius 3 is 1.49 bits per heavy atom. The van der Waals surface area contributed by atoms with Gasteiger partial charge in [-0.15, -0.1) is 0 Å². The number of aliphatic imine (C=N–C) groups is 2. The highest BCUT2D eigenvalue weighted by molar-refractivity contribution is 7.98. The molecule has 0 rings (SSSR count). The molecule has 0 aliphatic rings. The number of ether oxygens (including phenoxy) is 1. The van der Waals surface area contributed by atoms with Gasteiger partial charge in [-0.25, -0.2) is 0 Å². The maximum atomic E-state index is 4.78. The van der Waals surface area contributed by atoms with Gasteiger partial charge in [-0.1, -0.05) is 126 Å². The highest BCUT2D eigenvalue weighted by atomic mass is 32.2. The van der Waals surface area contributed by atoms with Gasteiger partial charge in [0, 0.05) is 32.1 Å². The molecule has 0 bridgehead atoms. The second-order valence-corrected chi connectivity index (χ2v) is 8.39. The quantitative estimate of drug-likeness (QED) is 0.140. The van der Waals surface area contributed by atoms with E-state index in [4.69, 9.17) is 4.74 Å². The summed E-state index contributed by atoms with van der Waals surface area (Å²) in [5.41, 5.74) is 4.34. The van der Waals surface area contributed by atoms with E-state index in [1.54, 1.807) is 13.2 Å². The van der Waals surface area contributed by atoms with Crippen molar-refractivity contribution in [3.05, 3.63) is 36.5 Å². The zero-order chi connectivity index (χ0) is 33.1. The van der Waals surface area contributed by atoms with Crippen molar-refractivity contribution < 1.29 is 4.74 Å². The van der Waals surface area contributed by atoms with Crippen LogP contribution in [0.15, 0.2) is 46.4 Å². The van der Waals surface area contributed by atoms with Gasteiger partial charge in [0.2, 0.25) is 0 Å². The van der Waals surface area contributed by atoms with E-state index in [-0.39, 0.29) is 0 Å². The molecular formula is C35H78N2OS. The van der Waals surface area contributed by atoms with Crippen LogP contribution in [-0.2, 0) is 4.74 Å². The van der Waals surface area contributed by atoms with Crippen LogP contribution in [0.1, 0.15) is 143 Å². The molecule has 0 N–H and O–H groups in total. The smallest absolute Gasteiger partial charge is 0.0807 e. The Labute approximate surface area is 255 Å². The number of nitrogens with zero attached hydrogens (tertiary/aromatic N) is 2. The molecule has 39 heavy (non-hydrogen) atoms. The lowest BCUT2D eigenvalue weighted by Gasteiger charge is -2.08. The number of rotatable bonds is 11. The predicted molar refractivity (Wildman–Crippen MR) is 196 cm³/mol. The minimum atomic E-state index is 0.329. The van der Waals surface area contributed by atoms with Crippen LogP contribution in [0.5, 0.6) is 0 Å². The molecule has 0 aliphatic heterocycles. The zero-order valence-electron chi connectivity index (χ0n) is 30.8. The average Bonchev–Trinajstić information content (AvgIpc) is 2.98. The normalized spacial score (nSPS) is 9.69. The van der Waals surface area contributed by atoms with Crippen molar-refractivity contribution in [1.82, 2.24) is 0 Å². The van der Waals surface area contributed by atoms with Gasteiger partial charge in [-0.2, -0.15) is 11.8 Å². The largest absolute Gasteiger partial charge is 0.385 e. The van der Waals surface area contributed by atoms with Gasteiger partial charge in [-0.05, 0) is 59.8 Å². The Morgan fingerprint density at radius 2 is 1.28 bits per heavy atom. The molecule has 3 nitrogen and oxygen atoms in total. The fourth-order valence-corrected chi connectivity index (χ4v) is 1.92. The van der Waals surface area contributed by atoms with Gasteiger partial charge in [-0.3, -0.25) is 9.98 Å². The summed E-state index contributed by atoms with van der Waals surface area (Å²) >= 11 is 1.82. The Morgan fingerprint density at radius 1 is 0.872 bits per heavy atom. The first-order valence-corrected chi connectivity index (χ1v) is 17.0. The summed E-state index contributed by atoms with van der Waals surface area (Å²) in [5.74, 6) is 1.06. The molecule has 0 aromatic carbocycles. The third-order valence-electron chi connectivity index (χ3n) is 3.72. The number of unbranched alkanes of at least 4 members (excludes halogenated alkanes) is 2. The van der Waals surface area contributed by atoms with Crippen LogP contribution in [-0.4, -0.2) is 49.7 Å². The fraction of sp³-hybridized carbons (Fsp3) is 0.771. The lowest BCUT2D eigenvalue weighted by molar-refractivity contribution is 0.194. The number of thioether (sulfide) groups is 1. The van der Waals surface area contributed by atoms with Crippen molar-refractivity contribution in [2.75, 3.05) is 32.3 Å². The molecule has 0 radical (unpaired) electrons. The van der Waals surface area contributed by atoms with Crippen molar-refractivity contribution in [2.45, 2.75) is 149 Å². The van der Waals surface area contributed by atoms with Gasteiger partial charge in [0.1, 0.15) is 0 Å². The van der Waals surface area contributed by atoms with Crippen LogP contribution in [0.3, 0.4) is 0 Å². The van der Waals surface area contributed by atoms with E-state index in [0.717, 1.165) is 35.9 Å². The number of allylic oxidation sites excluding steroid dienone is 4. The van der Waals surface area contributed by atoms with Gasteiger partial charge < -0.3 is 4.74 Å². The lowest BCUT2D eigenvalue weighted by atomic mass is 10.1. The molecular weight excluding hydrogens is 496 g/mol. The first-order valence-electron chi connectivity index (χ1n) is 15.6. The Balaban J connectivity index is -0.0000000576. The molecule has 0 amide bonds. The van der Waals surface area contributed by atoms with Crippen molar-refractivity contribution in [1.29, 1.82) is 0 Å². The van der Waals surface area contributed by atoms with E-state index in [1.807, 2.05) is 87.9 Å². The van der Waals surface area contributed by atoms with Crippen molar-refractivity contribution in [2.24, 2.45) is 9.98 Å². The molecule has 0 aromatic heterocycles. The number of hydrogen-bond acceptors (Lipinski definition) is 4. The molecule has 0 saturated heterocycles. The highest BCUT2D eigenvalue weighted by Crippen LogP contribution is 2.03. The van der Waals surface area contributed by atoms with E-state index in [1.165, 1.54) is 31.3 Å². The Bertz CT molecular complexity index is 487. The molecule has 0 spiro atoms. The van der Waals surface area contributed by atoms with E-state index >= 15 is 0 Å². The monoisotopic (exact) mass is 575 g/mol. The average molecular weight is 575 g/mol. The fourth-order valence-electron chi connectivity index (χ4n) is 1.65. The Kier molecular flexibility index (Phi) is 97.2. The second-order valence-electron chi connectivity index (χ2n) is 7.40. The van der Waals surface area contributed by atoms with Crippen LogP contribution in [0.25, 0.3) is 0 Å². The van der Waals surface area contributed by atoms with E-state index in [2.05, 4.69) is 77.0 Å². The first kappa shape index (κ1) is 57.7. The summed E-state index contributed by atoms with van der Waals surface area (Å²) in [6.07, 6.45) is 11.0. The Hall–Kier alpha value is -1.13. The van der Waals surface area contributed by atoms with Gasteiger partial charge >= 0.3 is 0 Å². The standard InChI is InChI=1S/C13H24N2S.C5H12O.C5H8.C4H10.4C2H6/c1-7-11(4)13(14-8-9-16-6)12(5)15-10(2)3;1-3-4-5-6-2;1-4-5(2)3;1-3-4-2;4*1-2/h7,10H,8-9H2,1-6H3;3-5H2,1-2H3;4H,1-2H2,3H3;3-4H2,1-2H3;4*1-2H3/b11-7-,14-13?,15-12?;;;;;;;. The summed E-state index contributed by atoms with van der Waals surface area (Å²) in [6.45, 7) is 43.6. The van der Waals surface area contributed by atoms with Crippen LogP contribution >= 0.6 is 11.8 Å². The molecule has 0 heterocycles. The highest BCUT2D eigenvalue weighted by Gasteiger charge is 2.06. The summed E-state index contributed by atoms with van der Waals surface area (Å²) in [7, 11) is 1.73. The third-order valence-corrected chi connectivity index (χ3v) is 4.31. The molecule has 4 heteroatoms. The van der Waals surface area contributed by atoms with Gasteiger partial charge in [0.05, 0.1) is 11.4 Å². The first-order chi connectivity index (χ1) is 18.6. The minimum absolute atomic E-state index is 0.329. The molecule has 0 saturated carbocycles.